The molecule has 10 heteroatoms. The molecular weight excluding hydrogens is 442 g/mol. The maximum absolute atomic E-state index is 13.0. The third-order valence-corrected chi connectivity index (χ3v) is 6.90. The van der Waals surface area contributed by atoms with Crippen LogP contribution in [0.15, 0.2) is 47.4 Å². The molecular formula is C21H24ClN3O5S. The smallest absolute Gasteiger partial charge is 0.261 e. The van der Waals surface area contributed by atoms with Gasteiger partial charge in [-0.3, -0.25) is 9.52 Å². The molecule has 4 rings (SSSR count). The highest BCUT2D eigenvalue weighted by molar-refractivity contribution is 7.92. The Kier molecular flexibility index (Phi) is 6.66. The van der Waals surface area contributed by atoms with Crippen molar-refractivity contribution in [1.82, 2.24) is 4.90 Å². The van der Waals surface area contributed by atoms with E-state index in [2.05, 4.69) is 4.72 Å². The molecule has 0 unspecified atom stereocenters. The van der Waals surface area contributed by atoms with Crippen molar-refractivity contribution in [3.05, 3.63) is 53.1 Å². The summed E-state index contributed by atoms with van der Waals surface area (Å²) < 4.78 is 39.4. The number of carbonyl (C=O) groups is 1. The Labute approximate surface area is 186 Å². The maximum Gasteiger partial charge on any atom is 0.261 e. The summed E-state index contributed by atoms with van der Waals surface area (Å²) in [7, 11) is -3.87. The molecule has 1 N–H and O–H groups in total. The van der Waals surface area contributed by atoms with Crippen molar-refractivity contribution in [2.45, 2.75) is 4.90 Å². The summed E-state index contributed by atoms with van der Waals surface area (Å²) in [4.78, 5) is 16.8. The van der Waals surface area contributed by atoms with Crippen LogP contribution in [0.2, 0.25) is 5.02 Å². The van der Waals surface area contributed by atoms with Crippen LogP contribution in [-0.2, 0) is 19.5 Å². The monoisotopic (exact) mass is 465 g/mol. The lowest BCUT2D eigenvalue weighted by atomic mass is 10.1. The maximum atomic E-state index is 13.0. The van der Waals surface area contributed by atoms with Crippen molar-refractivity contribution >= 4 is 38.9 Å². The molecule has 2 aromatic carbocycles. The average Bonchev–Trinajstić information content (AvgIpc) is 2.80. The molecule has 2 heterocycles. The van der Waals surface area contributed by atoms with E-state index in [0.717, 1.165) is 0 Å². The van der Waals surface area contributed by atoms with E-state index >= 15 is 0 Å². The summed E-state index contributed by atoms with van der Waals surface area (Å²) in [6.07, 6.45) is 0. The highest BCUT2D eigenvalue weighted by Crippen LogP contribution is 2.31. The van der Waals surface area contributed by atoms with E-state index in [-0.39, 0.29) is 10.8 Å². The third kappa shape index (κ3) is 5.12. The Morgan fingerprint density at radius 2 is 1.52 bits per heavy atom. The molecule has 8 nitrogen and oxygen atoms in total. The topological polar surface area (TPSA) is 88.2 Å². The predicted molar refractivity (Wildman–Crippen MR) is 118 cm³/mol. The second-order valence-corrected chi connectivity index (χ2v) is 9.41. The van der Waals surface area contributed by atoms with Crippen LogP contribution in [0.1, 0.15) is 10.4 Å². The third-order valence-electron chi connectivity index (χ3n) is 5.26. The summed E-state index contributed by atoms with van der Waals surface area (Å²) in [5, 5.41) is 0.450. The van der Waals surface area contributed by atoms with Crippen molar-refractivity contribution < 1.29 is 22.7 Å². The fraction of sp³-hybridized carbons (Fsp3) is 0.381. The van der Waals surface area contributed by atoms with E-state index in [9.17, 15) is 13.2 Å². The molecule has 1 amide bonds. The molecule has 166 valence electrons. The van der Waals surface area contributed by atoms with Gasteiger partial charge < -0.3 is 19.3 Å². The fourth-order valence-electron chi connectivity index (χ4n) is 3.60. The lowest BCUT2D eigenvalue weighted by molar-refractivity contribution is 0.0303. The average molecular weight is 466 g/mol. The van der Waals surface area contributed by atoms with Crippen LogP contribution in [0.25, 0.3) is 0 Å². The zero-order valence-corrected chi connectivity index (χ0v) is 18.5. The summed E-state index contributed by atoms with van der Waals surface area (Å²) >= 11 is 5.89. The zero-order valence-electron chi connectivity index (χ0n) is 16.9. The lowest BCUT2D eigenvalue weighted by Crippen LogP contribution is -2.40. The van der Waals surface area contributed by atoms with Gasteiger partial charge in [0, 0.05) is 36.8 Å². The molecule has 2 aliphatic heterocycles. The number of nitrogens with one attached hydrogen (secondary N) is 1. The van der Waals surface area contributed by atoms with Gasteiger partial charge >= 0.3 is 0 Å². The van der Waals surface area contributed by atoms with Gasteiger partial charge in [0.2, 0.25) is 0 Å². The summed E-state index contributed by atoms with van der Waals surface area (Å²) in [6, 6.07) is 11.1. The van der Waals surface area contributed by atoms with Crippen molar-refractivity contribution in [3.63, 3.8) is 0 Å². The minimum Gasteiger partial charge on any atom is -0.378 e. The predicted octanol–water partition coefficient (Wildman–Crippen LogP) is 2.45. The number of halogens is 1. The van der Waals surface area contributed by atoms with Gasteiger partial charge in [0.05, 0.1) is 42.7 Å². The van der Waals surface area contributed by atoms with Gasteiger partial charge in [-0.05, 0) is 42.5 Å². The first-order chi connectivity index (χ1) is 14.9. The Morgan fingerprint density at radius 3 is 2.16 bits per heavy atom. The molecule has 2 fully saturated rings. The van der Waals surface area contributed by atoms with Gasteiger partial charge in [0.1, 0.15) is 0 Å². The standard InChI is InChI=1S/C21H24ClN3O5S/c22-17-2-4-18(5-3-17)31(27,28)23-19-15-16(21(26)25-9-13-30-14-10-25)1-6-20(19)24-7-11-29-12-8-24/h1-6,15,23H,7-14H2. The van der Waals surface area contributed by atoms with Crippen LogP contribution in [0.3, 0.4) is 0 Å². The minimum atomic E-state index is -3.87. The van der Waals surface area contributed by atoms with E-state index in [1.54, 1.807) is 23.1 Å². The Morgan fingerprint density at radius 1 is 0.903 bits per heavy atom. The molecule has 0 aliphatic carbocycles. The first-order valence-corrected chi connectivity index (χ1v) is 11.9. The zero-order chi connectivity index (χ0) is 21.8. The number of rotatable bonds is 5. The molecule has 2 aromatic rings. The van der Waals surface area contributed by atoms with Gasteiger partial charge in [-0.25, -0.2) is 8.42 Å². The molecule has 0 aromatic heterocycles. The van der Waals surface area contributed by atoms with Crippen LogP contribution in [0.4, 0.5) is 11.4 Å². The molecule has 31 heavy (non-hydrogen) atoms. The Hall–Kier alpha value is -2.33. The highest BCUT2D eigenvalue weighted by Gasteiger charge is 2.24. The molecule has 2 aliphatic rings. The van der Waals surface area contributed by atoms with Crippen LogP contribution in [0.5, 0.6) is 0 Å². The number of benzene rings is 2. The normalized spacial score (nSPS) is 17.5. The van der Waals surface area contributed by atoms with E-state index in [1.165, 1.54) is 24.3 Å². The first-order valence-electron chi connectivity index (χ1n) is 10.1. The largest absolute Gasteiger partial charge is 0.378 e. The second-order valence-electron chi connectivity index (χ2n) is 7.30. The number of anilines is 2. The van der Waals surface area contributed by atoms with Crippen LogP contribution in [0, 0.1) is 0 Å². The second kappa shape index (κ2) is 9.44. The summed E-state index contributed by atoms with van der Waals surface area (Å²) in [5.41, 5.74) is 1.49. The van der Waals surface area contributed by atoms with Gasteiger partial charge in [-0.2, -0.15) is 0 Å². The highest BCUT2D eigenvalue weighted by atomic mass is 35.5. The Bertz CT molecular complexity index is 1030. The first kappa shape index (κ1) is 21.9. The van der Waals surface area contributed by atoms with E-state index in [4.69, 9.17) is 21.1 Å². The number of morpholine rings is 2. The van der Waals surface area contributed by atoms with Crippen LogP contribution >= 0.6 is 11.6 Å². The van der Waals surface area contributed by atoms with Crippen molar-refractivity contribution in [2.24, 2.45) is 0 Å². The van der Waals surface area contributed by atoms with Gasteiger partial charge in [-0.1, -0.05) is 11.6 Å². The number of nitrogens with zero attached hydrogens (tertiary/aromatic N) is 2. The Balaban J connectivity index is 1.67. The SMILES string of the molecule is O=C(c1ccc(N2CCOCC2)c(NS(=O)(=O)c2ccc(Cl)cc2)c1)N1CCOCC1. The number of hydrogen-bond acceptors (Lipinski definition) is 6. The summed E-state index contributed by atoms with van der Waals surface area (Å²) in [6.45, 7) is 4.38. The van der Waals surface area contributed by atoms with Crippen molar-refractivity contribution in [1.29, 1.82) is 0 Å². The fourth-order valence-corrected chi connectivity index (χ4v) is 4.79. The van der Waals surface area contributed by atoms with Crippen molar-refractivity contribution in [3.8, 4) is 0 Å². The van der Waals surface area contributed by atoms with Gasteiger partial charge in [-0.15, -0.1) is 0 Å². The lowest BCUT2D eigenvalue weighted by Gasteiger charge is -2.31. The number of ether oxygens (including phenoxy) is 2. The molecule has 0 bridgehead atoms. The molecule has 0 saturated carbocycles. The minimum absolute atomic E-state index is 0.0923. The van der Waals surface area contributed by atoms with Gasteiger partial charge in [0.15, 0.2) is 0 Å². The van der Waals surface area contributed by atoms with E-state index in [0.29, 0.717) is 74.6 Å². The van der Waals surface area contributed by atoms with Gasteiger partial charge in [0.25, 0.3) is 15.9 Å². The molecule has 2 saturated heterocycles. The molecule has 0 radical (unpaired) electrons. The van der Waals surface area contributed by atoms with E-state index in [1.807, 2.05) is 4.90 Å². The molecule has 0 atom stereocenters. The van der Waals surface area contributed by atoms with Crippen molar-refractivity contribution in [2.75, 3.05) is 62.2 Å². The number of hydrogen-bond donors (Lipinski definition) is 1. The molecule has 0 spiro atoms. The number of amides is 1. The number of sulfonamides is 1. The quantitative estimate of drug-likeness (QED) is 0.729. The number of carbonyl (C=O) groups excluding carboxylic acids is 1. The summed E-state index contributed by atoms with van der Waals surface area (Å²) in [5.74, 6) is -0.149. The van der Waals surface area contributed by atoms with Crippen LogP contribution < -0.4 is 9.62 Å². The van der Waals surface area contributed by atoms with E-state index < -0.39 is 10.0 Å². The van der Waals surface area contributed by atoms with Crippen LogP contribution in [-0.4, -0.2) is 71.8 Å².